The summed E-state index contributed by atoms with van der Waals surface area (Å²) in [6, 6.07) is 9.75. The summed E-state index contributed by atoms with van der Waals surface area (Å²) in [5.74, 6) is 0.662. The third-order valence-corrected chi connectivity index (χ3v) is 3.61. The minimum Gasteiger partial charge on any atom is -0.489 e. The Balaban J connectivity index is 2.22. The van der Waals surface area contributed by atoms with Gasteiger partial charge in [-0.25, -0.2) is 13.6 Å². The molecule has 1 amide bonds. The van der Waals surface area contributed by atoms with Gasteiger partial charge in [-0.3, -0.25) is 5.32 Å². The highest BCUT2D eigenvalue weighted by atomic mass is 19.3. The molecule has 6 heteroatoms. The van der Waals surface area contributed by atoms with Gasteiger partial charge in [-0.2, -0.15) is 0 Å². The number of hydrogen-bond acceptors (Lipinski definition) is 3. The van der Waals surface area contributed by atoms with Gasteiger partial charge < -0.3 is 9.47 Å². The summed E-state index contributed by atoms with van der Waals surface area (Å²) in [4.78, 5) is 11.6. The topological polar surface area (TPSA) is 47.6 Å². The number of alkyl halides is 2. The monoisotopic (exact) mass is 349 g/mol. The molecule has 0 saturated carbocycles. The maximum absolute atomic E-state index is 13.0. The molecule has 2 aromatic carbocycles. The maximum Gasteiger partial charge on any atom is 0.411 e. The lowest BCUT2D eigenvalue weighted by atomic mass is 10.1. The highest BCUT2D eigenvalue weighted by Crippen LogP contribution is 2.27. The summed E-state index contributed by atoms with van der Waals surface area (Å²) in [7, 11) is 0. The third-order valence-electron chi connectivity index (χ3n) is 3.61. The Bertz CT molecular complexity index is 747. The van der Waals surface area contributed by atoms with E-state index in [0.29, 0.717) is 17.0 Å². The summed E-state index contributed by atoms with van der Waals surface area (Å²) in [6.07, 6.45) is -3.24. The maximum atomic E-state index is 13.0. The number of benzene rings is 2. The molecule has 1 N–H and O–H groups in total. The predicted octanol–water partition coefficient (Wildman–Crippen LogP) is 5.39. The van der Waals surface area contributed by atoms with E-state index in [1.54, 1.807) is 6.92 Å². The lowest BCUT2D eigenvalue weighted by Crippen LogP contribution is -2.15. The van der Waals surface area contributed by atoms with E-state index in [9.17, 15) is 13.6 Å². The Hall–Kier alpha value is -2.63. The van der Waals surface area contributed by atoms with Gasteiger partial charge in [-0.15, -0.1) is 0 Å². The van der Waals surface area contributed by atoms with Crippen LogP contribution in [0.1, 0.15) is 35.6 Å². The second kappa shape index (κ2) is 8.46. The van der Waals surface area contributed by atoms with Crippen LogP contribution in [-0.4, -0.2) is 12.7 Å². The van der Waals surface area contributed by atoms with Crippen LogP contribution in [-0.2, 0) is 11.3 Å². The van der Waals surface area contributed by atoms with Crippen LogP contribution in [0.4, 0.5) is 19.3 Å². The number of halogens is 2. The molecule has 0 unspecified atom stereocenters. The van der Waals surface area contributed by atoms with Crippen molar-refractivity contribution < 1.29 is 23.0 Å². The minimum atomic E-state index is -2.60. The van der Waals surface area contributed by atoms with Gasteiger partial charge >= 0.3 is 6.09 Å². The summed E-state index contributed by atoms with van der Waals surface area (Å²) >= 11 is 0. The summed E-state index contributed by atoms with van der Waals surface area (Å²) in [5, 5.41) is 2.55. The van der Waals surface area contributed by atoms with Gasteiger partial charge in [0.1, 0.15) is 12.4 Å². The first-order chi connectivity index (χ1) is 11.9. The van der Waals surface area contributed by atoms with E-state index in [-0.39, 0.29) is 18.8 Å². The molecule has 2 rings (SSSR count). The summed E-state index contributed by atoms with van der Waals surface area (Å²) in [6.45, 7) is 5.84. The zero-order valence-electron chi connectivity index (χ0n) is 14.4. The van der Waals surface area contributed by atoms with Gasteiger partial charge in [0.05, 0.1) is 12.3 Å². The fourth-order valence-corrected chi connectivity index (χ4v) is 2.38. The third kappa shape index (κ3) is 5.17. The molecule has 0 radical (unpaired) electrons. The molecule has 0 aromatic heterocycles. The Morgan fingerprint density at radius 2 is 1.92 bits per heavy atom. The molecular weight excluding hydrogens is 328 g/mol. The molecule has 25 heavy (non-hydrogen) atoms. The number of aryl methyl sites for hydroxylation is 2. The first-order valence-corrected chi connectivity index (χ1v) is 7.95. The second-order valence-corrected chi connectivity index (χ2v) is 5.62. The van der Waals surface area contributed by atoms with E-state index in [1.807, 2.05) is 32.0 Å². The van der Waals surface area contributed by atoms with E-state index in [2.05, 4.69) is 5.32 Å². The van der Waals surface area contributed by atoms with Crippen LogP contribution in [0.15, 0.2) is 36.4 Å². The van der Waals surface area contributed by atoms with Gasteiger partial charge in [0.25, 0.3) is 6.43 Å². The predicted molar refractivity (Wildman–Crippen MR) is 92.3 cm³/mol. The summed E-state index contributed by atoms with van der Waals surface area (Å²) < 4.78 is 36.6. The molecule has 4 nitrogen and oxygen atoms in total. The SMILES string of the molecule is CCOC(=O)Nc1ccc(C(F)F)cc1COc1ccc(C)cc1C. The van der Waals surface area contributed by atoms with E-state index in [4.69, 9.17) is 9.47 Å². The van der Waals surface area contributed by atoms with Crippen LogP contribution in [0.25, 0.3) is 0 Å². The number of rotatable bonds is 6. The van der Waals surface area contributed by atoms with Crippen molar-refractivity contribution in [1.82, 2.24) is 0 Å². The molecule has 0 aliphatic carbocycles. The normalized spacial score (nSPS) is 10.6. The molecule has 0 heterocycles. The zero-order chi connectivity index (χ0) is 18.4. The van der Waals surface area contributed by atoms with Crippen molar-refractivity contribution in [1.29, 1.82) is 0 Å². The Morgan fingerprint density at radius 3 is 2.56 bits per heavy atom. The van der Waals surface area contributed by atoms with E-state index in [1.165, 1.54) is 18.2 Å². The van der Waals surface area contributed by atoms with E-state index in [0.717, 1.165) is 11.1 Å². The summed E-state index contributed by atoms with van der Waals surface area (Å²) in [5.41, 5.74) is 2.76. The highest BCUT2D eigenvalue weighted by Gasteiger charge is 2.14. The number of carbonyl (C=O) groups is 1. The Morgan fingerprint density at radius 1 is 1.16 bits per heavy atom. The molecule has 0 spiro atoms. The Labute approximate surface area is 145 Å². The lowest BCUT2D eigenvalue weighted by molar-refractivity contribution is 0.151. The van der Waals surface area contributed by atoms with Gasteiger partial charge in [0.15, 0.2) is 0 Å². The van der Waals surface area contributed by atoms with Crippen LogP contribution in [0.2, 0.25) is 0 Å². The van der Waals surface area contributed by atoms with Crippen LogP contribution >= 0.6 is 0 Å². The zero-order valence-corrected chi connectivity index (χ0v) is 14.4. The molecule has 0 fully saturated rings. The number of carbonyl (C=O) groups excluding carboxylic acids is 1. The standard InChI is InChI=1S/C19H21F2NO3/c1-4-24-19(23)22-16-7-6-14(18(20)21)10-15(16)11-25-17-8-5-12(2)9-13(17)3/h5-10,18H,4,11H2,1-3H3,(H,22,23). The fourth-order valence-electron chi connectivity index (χ4n) is 2.38. The largest absolute Gasteiger partial charge is 0.489 e. The van der Waals surface area contributed by atoms with Gasteiger partial charge in [-0.05, 0) is 44.5 Å². The van der Waals surface area contributed by atoms with Gasteiger partial charge in [0.2, 0.25) is 0 Å². The van der Waals surface area contributed by atoms with Gasteiger partial charge in [-0.1, -0.05) is 23.8 Å². The van der Waals surface area contributed by atoms with Crippen LogP contribution in [0.5, 0.6) is 5.75 Å². The quantitative estimate of drug-likeness (QED) is 0.761. The number of ether oxygens (including phenoxy) is 2. The van der Waals surface area contributed by atoms with Crippen molar-refractivity contribution in [2.75, 3.05) is 11.9 Å². The molecule has 134 valence electrons. The molecule has 0 atom stereocenters. The van der Waals surface area contributed by atoms with Crippen molar-refractivity contribution in [3.63, 3.8) is 0 Å². The van der Waals surface area contributed by atoms with Crippen molar-refractivity contribution in [2.45, 2.75) is 33.8 Å². The molecule has 0 aliphatic rings. The van der Waals surface area contributed by atoms with E-state index >= 15 is 0 Å². The van der Waals surface area contributed by atoms with Crippen molar-refractivity contribution >= 4 is 11.8 Å². The average molecular weight is 349 g/mol. The second-order valence-electron chi connectivity index (χ2n) is 5.62. The Kier molecular flexibility index (Phi) is 6.33. The van der Waals surface area contributed by atoms with Crippen LogP contribution in [0, 0.1) is 13.8 Å². The molecule has 0 saturated heterocycles. The molecular formula is C19H21F2NO3. The lowest BCUT2D eigenvalue weighted by Gasteiger charge is -2.15. The first kappa shape index (κ1) is 18.7. The number of nitrogens with one attached hydrogen (secondary N) is 1. The fraction of sp³-hybridized carbons (Fsp3) is 0.316. The van der Waals surface area contributed by atoms with Crippen molar-refractivity contribution in [3.05, 3.63) is 58.7 Å². The number of amides is 1. The van der Waals surface area contributed by atoms with Crippen LogP contribution < -0.4 is 10.1 Å². The minimum absolute atomic E-state index is 0.0478. The highest BCUT2D eigenvalue weighted by molar-refractivity contribution is 5.85. The first-order valence-electron chi connectivity index (χ1n) is 7.95. The van der Waals surface area contributed by atoms with Crippen LogP contribution in [0.3, 0.4) is 0 Å². The smallest absolute Gasteiger partial charge is 0.411 e. The average Bonchev–Trinajstić information content (AvgIpc) is 2.55. The van der Waals surface area contributed by atoms with Crippen molar-refractivity contribution in [3.8, 4) is 5.75 Å². The van der Waals surface area contributed by atoms with Gasteiger partial charge in [0, 0.05) is 11.1 Å². The molecule has 0 aliphatic heterocycles. The number of anilines is 1. The molecule has 0 bridgehead atoms. The molecule has 2 aromatic rings. The van der Waals surface area contributed by atoms with E-state index < -0.39 is 12.5 Å². The number of hydrogen-bond donors (Lipinski definition) is 1. The van der Waals surface area contributed by atoms with Crippen molar-refractivity contribution in [2.24, 2.45) is 0 Å².